The smallest absolute Gasteiger partial charge is 0.367 e. The van der Waals surface area contributed by atoms with Gasteiger partial charge in [0.05, 0.1) is 11.3 Å². The summed E-state index contributed by atoms with van der Waals surface area (Å²) < 4.78 is 10.9. The number of phenols is 1. The fraction of sp³-hybridized carbons (Fsp3) is 0.381. The van der Waals surface area contributed by atoms with Gasteiger partial charge in [-0.15, -0.1) is 4.63 Å². The molecule has 1 saturated heterocycles. The summed E-state index contributed by atoms with van der Waals surface area (Å²) >= 11 is 0. The maximum atomic E-state index is 12.7. The van der Waals surface area contributed by atoms with E-state index in [0.717, 1.165) is 18.6 Å². The van der Waals surface area contributed by atoms with Crippen molar-refractivity contribution in [1.29, 1.82) is 0 Å². The summed E-state index contributed by atoms with van der Waals surface area (Å²) in [6, 6.07) is 8.30. The first kappa shape index (κ1) is 20.6. The third-order valence-electron chi connectivity index (χ3n) is 5.39. The number of phenolic OH excluding ortho intramolecular Hbond substituents is 1. The van der Waals surface area contributed by atoms with Crippen LogP contribution in [-0.2, 0) is 0 Å². The maximum absolute atomic E-state index is 12.7. The molecule has 4 rings (SSSR count). The van der Waals surface area contributed by atoms with E-state index in [0.29, 0.717) is 29.9 Å². The van der Waals surface area contributed by atoms with Crippen LogP contribution in [-0.4, -0.2) is 34.2 Å². The summed E-state index contributed by atoms with van der Waals surface area (Å²) in [5.41, 5.74) is 0.477. The zero-order valence-corrected chi connectivity index (χ0v) is 17.5. The topological polar surface area (TPSA) is 130 Å². The number of aromatic hydroxyl groups is 1. The number of para-hydroxylation sites is 1. The highest BCUT2D eigenvalue weighted by Crippen LogP contribution is 2.33. The maximum Gasteiger partial charge on any atom is 0.367 e. The van der Waals surface area contributed by atoms with Crippen molar-refractivity contribution >= 4 is 23.2 Å². The molecule has 0 radical (unpaired) electrons. The molecule has 0 saturated carbocycles. The summed E-state index contributed by atoms with van der Waals surface area (Å²) in [6.07, 6.45) is 2.57. The first-order chi connectivity index (χ1) is 15.0. The first-order valence-electron chi connectivity index (χ1n) is 10.3. The van der Waals surface area contributed by atoms with Crippen molar-refractivity contribution in [2.24, 2.45) is 0 Å². The van der Waals surface area contributed by atoms with Crippen LogP contribution in [0.1, 0.15) is 54.1 Å². The summed E-state index contributed by atoms with van der Waals surface area (Å²) in [7, 11) is 0. The molecule has 1 amide bonds. The van der Waals surface area contributed by atoms with Crippen LogP contribution in [0.5, 0.6) is 5.75 Å². The molecule has 3 heterocycles. The van der Waals surface area contributed by atoms with E-state index in [1.165, 1.54) is 0 Å². The molecular formula is C21H26N5O5+. The lowest BCUT2D eigenvalue weighted by atomic mass is 10.1. The Hall–Kier alpha value is -3.69. The van der Waals surface area contributed by atoms with Gasteiger partial charge in [-0.3, -0.25) is 10.1 Å². The fourth-order valence-electron chi connectivity index (χ4n) is 3.70. The van der Waals surface area contributed by atoms with Crippen LogP contribution < -0.4 is 15.2 Å². The number of aromatic amines is 1. The molecule has 1 aliphatic heterocycles. The van der Waals surface area contributed by atoms with Crippen LogP contribution in [0, 0.1) is 11.8 Å². The molecule has 10 heteroatoms. The lowest BCUT2D eigenvalue weighted by molar-refractivity contribution is -0.701. The lowest BCUT2D eigenvalue weighted by Crippen LogP contribution is -2.27. The Balaban J connectivity index is 1.59. The minimum Gasteiger partial charge on any atom is -0.505 e. The van der Waals surface area contributed by atoms with Crippen LogP contribution >= 0.6 is 0 Å². The Kier molecular flexibility index (Phi) is 5.70. The average Bonchev–Trinajstić information content (AvgIpc) is 3.51. The molecular weight excluding hydrogens is 402 g/mol. The van der Waals surface area contributed by atoms with Gasteiger partial charge in [0.15, 0.2) is 10.3 Å². The van der Waals surface area contributed by atoms with Gasteiger partial charge < -0.3 is 19.7 Å². The van der Waals surface area contributed by atoms with Crippen LogP contribution in [0.2, 0.25) is 0 Å². The number of amides is 1. The van der Waals surface area contributed by atoms with Gasteiger partial charge in [0.1, 0.15) is 17.6 Å². The monoisotopic (exact) mass is 428 g/mol. The van der Waals surface area contributed by atoms with E-state index in [2.05, 4.69) is 15.8 Å². The molecule has 1 aliphatic rings. The van der Waals surface area contributed by atoms with E-state index in [-0.39, 0.29) is 40.6 Å². The molecule has 1 atom stereocenters. The summed E-state index contributed by atoms with van der Waals surface area (Å²) in [4.78, 5) is 26.7. The van der Waals surface area contributed by atoms with Crippen LogP contribution in [0.25, 0.3) is 0 Å². The van der Waals surface area contributed by atoms with Gasteiger partial charge >= 0.3 is 5.82 Å². The molecule has 0 bridgehead atoms. The van der Waals surface area contributed by atoms with Gasteiger partial charge in [0.25, 0.3) is 11.7 Å². The number of hydrogen-bond donors (Lipinski definition) is 4. The van der Waals surface area contributed by atoms with E-state index in [1.807, 2.05) is 26.0 Å². The van der Waals surface area contributed by atoms with Gasteiger partial charge in [-0.25, -0.2) is 0 Å². The number of H-pyrrole nitrogens is 1. The second-order valence-corrected chi connectivity index (χ2v) is 7.55. The standard InChI is InChI=1S/C21H25N5O5/c1-3-15(17-10-9-13(2)30-17)23-20-19(24-31-26(20)29)22-16-8-6-7-14(18(16)27)21(28)25-11-4-5-12-25/h6-10,15H,3-5,11-12H2,1-2H3,(H3-,22,23,24,27,28,29)/p+1/t15-/m1/s1. The molecule has 3 aromatic rings. The second-order valence-electron chi connectivity index (χ2n) is 7.55. The number of benzene rings is 1. The van der Waals surface area contributed by atoms with Crippen LogP contribution in [0.3, 0.4) is 0 Å². The Morgan fingerprint density at radius 2 is 2.06 bits per heavy atom. The molecule has 2 aromatic heterocycles. The minimum absolute atomic E-state index is 0.0941. The molecule has 4 N–H and O–H groups in total. The number of furan rings is 1. The van der Waals surface area contributed by atoms with Crippen molar-refractivity contribution in [3.8, 4) is 5.75 Å². The van der Waals surface area contributed by atoms with E-state index in [1.54, 1.807) is 23.1 Å². The van der Waals surface area contributed by atoms with Crippen molar-refractivity contribution in [2.75, 3.05) is 23.7 Å². The number of carbonyl (C=O) groups excluding carboxylic acids is 1. The SMILES string of the molecule is CC[C@@H](Nc1c(Nc2cccc(C(=O)N3CCCC3)c2O)[nH]o[n+]1=O)c1ccc(C)o1. The van der Waals surface area contributed by atoms with Gasteiger partial charge in [-0.2, -0.15) is 0 Å². The van der Waals surface area contributed by atoms with E-state index in [4.69, 9.17) is 9.05 Å². The predicted octanol–water partition coefficient (Wildman–Crippen LogP) is 3.67. The third-order valence-corrected chi connectivity index (χ3v) is 5.39. The zero-order chi connectivity index (χ0) is 22.0. The van der Waals surface area contributed by atoms with E-state index >= 15 is 0 Å². The summed E-state index contributed by atoms with van der Waals surface area (Å²) in [5.74, 6) is 1.35. The number of hydrogen-bond acceptors (Lipinski definition) is 7. The van der Waals surface area contributed by atoms with E-state index in [9.17, 15) is 14.8 Å². The highest BCUT2D eigenvalue weighted by atomic mass is 16.7. The number of nitrogens with one attached hydrogen (secondary N) is 3. The number of aromatic nitrogens is 2. The van der Waals surface area contributed by atoms with Crippen molar-refractivity contribution in [3.05, 3.63) is 52.3 Å². The van der Waals surface area contributed by atoms with Gasteiger partial charge in [0.2, 0.25) is 0 Å². The van der Waals surface area contributed by atoms with Crippen molar-refractivity contribution in [3.63, 3.8) is 0 Å². The number of rotatable bonds is 7. The van der Waals surface area contributed by atoms with Crippen LogP contribution in [0.4, 0.5) is 17.3 Å². The van der Waals surface area contributed by atoms with Crippen LogP contribution in [0.15, 0.2) is 39.4 Å². The second kappa shape index (κ2) is 8.58. The highest BCUT2D eigenvalue weighted by molar-refractivity contribution is 5.99. The molecule has 0 aliphatic carbocycles. The van der Waals surface area contributed by atoms with Gasteiger partial charge in [0, 0.05) is 13.1 Å². The molecule has 164 valence electrons. The first-order valence-corrected chi connectivity index (χ1v) is 10.3. The average molecular weight is 428 g/mol. The number of aryl methyl sites for hydroxylation is 1. The molecule has 31 heavy (non-hydrogen) atoms. The van der Waals surface area contributed by atoms with Crippen molar-refractivity contribution < 1.29 is 23.5 Å². The predicted molar refractivity (Wildman–Crippen MR) is 113 cm³/mol. The van der Waals surface area contributed by atoms with Gasteiger partial charge in [-0.05, 0) is 55.4 Å². The zero-order valence-electron chi connectivity index (χ0n) is 17.5. The highest BCUT2D eigenvalue weighted by Gasteiger charge is 2.28. The van der Waals surface area contributed by atoms with Crippen molar-refractivity contribution in [1.82, 2.24) is 10.1 Å². The Bertz CT molecular complexity index is 1130. The van der Waals surface area contributed by atoms with Crippen molar-refractivity contribution in [2.45, 2.75) is 39.2 Å². The molecule has 0 unspecified atom stereocenters. The lowest BCUT2D eigenvalue weighted by Gasteiger charge is -2.17. The molecule has 10 nitrogen and oxygen atoms in total. The quantitative estimate of drug-likeness (QED) is 0.423. The number of anilines is 3. The minimum atomic E-state index is -0.267. The largest absolute Gasteiger partial charge is 0.505 e. The Labute approximate surface area is 178 Å². The third kappa shape index (κ3) is 4.14. The number of nitrogens with zero attached hydrogens (tertiary/aromatic N) is 2. The van der Waals surface area contributed by atoms with Gasteiger partial charge in [-0.1, -0.05) is 18.1 Å². The number of likely N-dealkylation sites (tertiary alicyclic amines) is 1. The molecule has 1 fully saturated rings. The Morgan fingerprint density at radius 3 is 2.74 bits per heavy atom. The normalized spacial score (nSPS) is 14.6. The fourth-order valence-corrected chi connectivity index (χ4v) is 3.70. The Morgan fingerprint density at radius 1 is 1.29 bits per heavy atom. The molecule has 1 aromatic carbocycles. The van der Waals surface area contributed by atoms with E-state index < -0.39 is 0 Å². The summed E-state index contributed by atoms with van der Waals surface area (Å²) in [6.45, 7) is 5.17. The number of carbonyl (C=O) groups is 1. The molecule has 0 spiro atoms. The summed E-state index contributed by atoms with van der Waals surface area (Å²) in [5, 5.41) is 19.3.